The summed E-state index contributed by atoms with van der Waals surface area (Å²) in [5, 5.41) is 2.90. The lowest BCUT2D eigenvalue weighted by Gasteiger charge is -2.06. The highest BCUT2D eigenvalue weighted by molar-refractivity contribution is 7.98. The van der Waals surface area contributed by atoms with Crippen molar-refractivity contribution in [2.24, 2.45) is 0 Å². The molecule has 116 valence electrons. The first kappa shape index (κ1) is 15.4. The second-order valence-electron chi connectivity index (χ2n) is 4.94. The van der Waals surface area contributed by atoms with Gasteiger partial charge in [0.05, 0.1) is 6.26 Å². The number of rotatable bonds is 5. The van der Waals surface area contributed by atoms with Gasteiger partial charge in [-0.25, -0.2) is 0 Å². The molecule has 0 aliphatic rings. The molecule has 0 radical (unpaired) electrons. The van der Waals surface area contributed by atoms with Crippen molar-refractivity contribution in [1.29, 1.82) is 0 Å². The van der Waals surface area contributed by atoms with Crippen LogP contribution in [0.1, 0.15) is 15.9 Å². The summed E-state index contributed by atoms with van der Waals surface area (Å²) in [6, 6.07) is 15.1. The third kappa shape index (κ3) is 3.81. The summed E-state index contributed by atoms with van der Waals surface area (Å²) in [6.07, 6.45) is 5.37. The highest BCUT2D eigenvalue weighted by Crippen LogP contribution is 2.17. The van der Waals surface area contributed by atoms with Gasteiger partial charge in [-0.05, 0) is 54.3 Å². The minimum absolute atomic E-state index is 0.0900. The first-order valence-corrected chi connectivity index (χ1v) is 8.40. The molecule has 1 amide bonds. The third-order valence-corrected chi connectivity index (χ3v) is 4.15. The van der Waals surface area contributed by atoms with Crippen LogP contribution in [0, 0.1) is 0 Å². The molecule has 0 saturated carbocycles. The third-order valence-electron chi connectivity index (χ3n) is 3.40. The number of benzene rings is 1. The Morgan fingerprint density at radius 2 is 2.00 bits per heavy atom. The Morgan fingerprint density at radius 3 is 2.61 bits per heavy atom. The van der Waals surface area contributed by atoms with Crippen molar-refractivity contribution < 1.29 is 9.21 Å². The molecule has 0 bridgehead atoms. The fraction of sp³-hybridized carbons (Fsp3) is 0.111. The molecular weight excluding hydrogens is 308 g/mol. The number of carbonyl (C=O) groups is 1. The lowest BCUT2D eigenvalue weighted by molar-refractivity contribution is 0.0951. The van der Waals surface area contributed by atoms with E-state index >= 15 is 0 Å². The lowest BCUT2D eigenvalue weighted by Crippen LogP contribution is -2.22. The first-order chi connectivity index (χ1) is 11.3. The largest absolute Gasteiger partial charge is 0.463 e. The predicted molar refractivity (Wildman–Crippen MR) is 91.3 cm³/mol. The van der Waals surface area contributed by atoms with E-state index in [1.165, 1.54) is 0 Å². The fourth-order valence-corrected chi connectivity index (χ4v) is 2.53. The molecule has 0 atom stereocenters. The summed E-state index contributed by atoms with van der Waals surface area (Å²) in [6.45, 7) is 0.439. The minimum Gasteiger partial charge on any atom is -0.463 e. The molecule has 0 unspecified atom stereocenters. The van der Waals surface area contributed by atoms with Gasteiger partial charge in [0.25, 0.3) is 5.91 Å². The smallest absolute Gasteiger partial charge is 0.251 e. The van der Waals surface area contributed by atoms with Crippen LogP contribution in [0.15, 0.2) is 70.3 Å². The molecule has 23 heavy (non-hydrogen) atoms. The molecule has 4 nitrogen and oxygen atoms in total. The van der Waals surface area contributed by atoms with Gasteiger partial charge in [0, 0.05) is 23.2 Å². The van der Waals surface area contributed by atoms with Gasteiger partial charge in [-0.15, -0.1) is 11.8 Å². The lowest BCUT2D eigenvalue weighted by atomic mass is 10.2. The van der Waals surface area contributed by atoms with Crippen LogP contribution < -0.4 is 5.32 Å². The standard InChI is InChI=1S/C18H16N2O2S/c1-23-15-7-5-14(6-8-15)18(21)20-12-13-4-9-16(19-11-13)17-3-2-10-22-17/h2-11H,12H2,1H3,(H,20,21). The monoisotopic (exact) mass is 324 g/mol. The van der Waals surface area contributed by atoms with Gasteiger partial charge < -0.3 is 9.73 Å². The molecule has 1 aromatic carbocycles. The number of nitrogens with zero attached hydrogens (tertiary/aromatic N) is 1. The van der Waals surface area contributed by atoms with Crippen molar-refractivity contribution in [3.05, 3.63) is 72.1 Å². The van der Waals surface area contributed by atoms with E-state index in [1.54, 1.807) is 24.2 Å². The number of carbonyl (C=O) groups excluding carboxylic acids is 1. The summed E-state index contributed by atoms with van der Waals surface area (Å²) in [5.74, 6) is 0.641. The zero-order chi connectivity index (χ0) is 16.1. The zero-order valence-electron chi connectivity index (χ0n) is 12.7. The van der Waals surface area contributed by atoms with E-state index in [-0.39, 0.29) is 5.91 Å². The van der Waals surface area contributed by atoms with Gasteiger partial charge in [0.2, 0.25) is 0 Å². The van der Waals surface area contributed by atoms with E-state index in [9.17, 15) is 4.79 Å². The van der Waals surface area contributed by atoms with Gasteiger partial charge in [-0.3, -0.25) is 9.78 Å². The van der Waals surface area contributed by atoms with Crippen molar-refractivity contribution in [3.8, 4) is 11.5 Å². The molecule has 0 fully saturated rings. The van der Waals surface area contributed by atoms with Crippen molar-refractivity contribution in [3.63, 3.8) is 0 Å². The Morgan fingerprint density at radius 1 is 1.17 bits per heavy atom. The number of furan rings is 1. The van der Waals surface area contributed by atoms with Crippen LogP contribution in [-0.4, -0.2) is 17.1 Å². The van der Waals surface area contributed by atoms with Crippen LogP contribution in [-0.2, 0) is 6.54 Å². The van der Waals surface area contributed by atoms with E-state index < -0.39 is 0 Å². The van der Waals surface area contributed by atoms with Crippen LogP contribution in [0.25, 0.3) is 11.5 Å². The van der Waals surface area contributed by atoms with E-state index in [0.29, 0.717) is 12.1 Å². The van der Waals surface area contributed by atoms with Gasteiger partial charge in [0.1, 0.15) is 5.69 Å². The second-order valence-corrected chi connectivity index (χ2v) is 5.82. The van der Waals surface area contributed by atoms with E-state index in [1.807, 2.05) is 54.8 Å². The van der Waals surface area contributed by atoms with Gasteiger partial charge >= 0.3 is 0 Å². The van der Waals surface area contributed by atoms with Crippen LogP contribution in [0.2, 0.25) is 0 Å². The molecule has 5 heteroatoms. The van der Waals surface area contributed by atoms with Gasteiger partial charge in [-0.2, -0.15) is 0 Å². The normalized spacial score (nSPS) is 10.5. The van der Waals surface area contributed by atoms with E-state index in [2.05, 4.69) is 10.3 Å². The van der Waals surface area contributed by atoms with E-state index in [4.69, 9.17) is 4.42 Å². The average Bonchev–Trinajstić information content (AvgIpc) is 3.15. The maximum atomic E-state index is 12.1. The topological polar surface area (TPSA) is 55.1 Å². The molecule has 0 saturated heterocycles. The average molecular weight is 324 g/mol. The van der Waals surface area contributed by atoms with Crippen LogP contribution in [0.5, 0.6) is 0 Å². The molecule has 2 aromatic heterocycles. The molecule has 3 aromatic rings. The van der Waals surface area contributed by atoms with Crippen molar-refractivity contribution >= 4 is 17.7 Å². The summed E-state index contributed by atoms with van der Waals surface area (Å²) in [5.41, 5.74) is 2.37. The zero-order valence-corrected chi connectivity index (χ0v) is 13.5. The SMILES string of the molecule is CSc1ccc(C(=O)NCc2ccc(-c3ccco3)nc2)cc1. The van der Waals surface area contributed by atoms with Crippen LogP contribution >= 0.6 is 11.8 Å². The van der Waals surface area contributed by atoms with Crippen molar-refractivity contribution in [2.75, 3.05) is 6.26 Å². The second kappa shape index (κ2) is 7.15. The molecular formula is C18H16N2O2S. The molecule has 2 heterocycles. The Hall–Kier alpha value is -2.53. The number of pyridine rings is 1. The number of thioether (sulfide) groups is 1. The van der Waals surface area contributed by atoms with Gasteiger partial charge in [-0.1, -0.05) is 6.07 Å². The molecule has 0 spiro atoms. The maximum Gasteiger partial charge on any atom is 0.251 e. The fourth-order valence-electron chi connectivity index (χ4n) is 2.13. The first-order valence-electron chi connectivity index (χ1n) is 7.17. The number of hydrogen-bond acceptors (Lipinski definition) is 4. The summed E-state index contributed by atoms with van der Waals surface area (Å²) >= 11 is 1.65. The number of amides is 1. The maximum absolute atomic E-state index is 12.1. The Kier molecular flexibility index (Phi) is 4.78. The number of nitrogens with one attached hydrogen (secondary N) is 1. The molecule has 3 rings (SSSR count). The highest BCUT2D eigenvalue weighted by atomic mass is 32.2. The minimum atomic E-state index is -0.0900. The molecule has 1 N–H and O–H groups in total. The van der Waals surface area contributed by atoms with Crippen LogP contribution in [0.4, 0.5) is 0 Å². The van der Waals surface area contributed by atoms with Gasteiger partial charge in [0.15, 0.2) is 5.76 Å². The predicted octanol–water partition coefficient (Wildman–Crippen LogP) is 3.99. The van der Waals surface area contributed by atoms with Crippen LogP contribution in [0.3, 0.4) is 0 Å². The summed E-state index contributed by atoms with van der Waals surface area (Å²) in [7, 11) is 0. The molecule has 0 aliphatic carbocycles. The Bertz CT molecular complexity index is 766. The van der Waals surface area contributed by atoms with Crippen molar-refractivity contribution in [1.82, 2.24) is 10.3 Å². The number of aromatic nitrogens is 1. The molecule has 0 aliphatic heterocycles. The summed E-state index contributed by atoms with van der Waals surface area (Å²) in [4.78, 5) is 17.6. The number of hydrogen-bond donors (Lipinski definition) is 1. The Balaban J connectivity index is 1.60. The van der Waals surface area contributed by atoms with E-state index in [0.717, 1.165) is 21.9 Å². The van der Waals surface area contributed by atoms with Crippen molar-refractivity contribution in [2.45, 2.75) is 11.4 Å². The highest BCUT2D eigenvalue weighted by Gasteiger charge is 2.06. The summed E-state index contributed by atoms with van der Waals surface area (Å²) < 4.78 is 5.30. The Labute approximate surface area is 138 Å². The quantitative estimate of drug-likeness (QED) is 0.721.